The molecular weight excluding hydrogens is 356 g/mol. The third kappa shape index (κ3) is 3.22. The number of hydrogen-bond donors (Lipinski definition) is 0. The number of rotatable bonds is 3. The first kappa shape index (κ1) is 15.2. The van der Waals surface area contributed by atoms with Crippen LogP contribution in [0.15, 0.2) is 59.1 Å². The van der Waals surface area contributed by atoms with Gasteiger partial charge in [0, 0.05) is 15.4 Å². The third-order valence-electron chi connectivity index (χ3n) is 3.34. The number of carbonyl (C=O) groups is 1. The maximum absolute atomic E-state index is 12.2. The van der Waals surface area contributed by atoms with E-state index in [9.17, 15) is 4.79 Å². The highest BCUT2D eigenvalue weighted by Crippen LogP contribution is 2.26. The minimum atomic E-state index is -0.525. The van der Waals surface area contributed by atoms with Crippen LogP contribution in [0.4, 0.5) is 0 Å². The molecule has 0 bridgehead atoms. The largest absolute Gasteiger partial charge is 0.447 e. The Kier molecular flexibility index (Phi) is 4.35. The predicted molar refractivity (Wildman–Crippen MR) is 90.8 cm³/mol. The van der Waals surface area contributed by atoms with Crippen LogP contribution in [-0.4, -0.2) is 17.6 Å². The first-order valence-corrected chi connectivity index (χ1v) is 7.68. The number of carbonyl (C=O) groups excluding carboxylic acids is 1. The number of nitriles is 1. The molecule has 0 aliphatic carbocycles. The molecule has 0 spiro atoms. The van der Waals surface area contributed by atoms with Gasteiger partial charge in [0.15, 0.2) is 6.61 Å². The predicted octanol–water partition coefficient (Wildman–Crippen LogP) is 4.34. The standard InChI is InChI=1S/C18H11BrN2O2/c19-13-7-5-12(6-8-13)17-11-15(18(22)23-10-9-20)14-3-1-2-4-16(14)21-17/h1-8,11H,10H2. The summed E-state index contributed by atoms with van der Waals surface area (Å²) in [5.74, 6) is -0.525. The van der Waals surface area contributed by atoms with Gasteiger partial charge in [0.1, 0.15) is 6.07 Å². The van der Waals surface area contributed by atoms with Crippen molar-refractivity contribution in [3.8, 4) is 17.3 Å². The molecule has 0 atom stereocenters. The van der Waals surface area contributed by atoms with Gasteiger partial charge in [-0.1, -0.05) is 46.3 Å². The summed E-state index contributed by atoms with van der Waals surface area (Å²) in [6.45, 7) is -0.275. The maximum Gasteiger partial charge on any atom is 0.339 e. The molecule has 0 fully saturated rings. The van der Waals surface area contributed by atoms with Crippen molar-refractivity contribution >= 4 is 32.8 Å². The molecule has 4 nitrogen and oxygen atoms in total. The summed E-state index contributed by atoms with van der Waals surface area (Å²) in [4.78, 5) is 16.9. The van der Waals surface area contributed by atoms with Gasteiger partial charge in [-0.15, -0.1) is 0 Å². The lowest BCUT2D eigenvalue weighted by Gasteiger charge is -2.09. The van der Waals surface area contributed by atoms with Crippen molar-refractivity contribution in [2.75, 3.05) is 6.61 Å². The number of nitrogens with zero attached hydrogens (tertiary/aromatic N) is 2. The second-order valence-corrected chi connectivity index (χ2v) is 5.73. The summed E-state index contributed by atoms with van der Waals surface area (Å²) in [5.41, 5.74) is 2.69. The Morgan fingerprint density at radius 3 is 2.65 bits per heavy atom. The molecule has 112 valence electrons. The van der Waals surface area contributed by atoms with Crippen LogP contribution in [-0.2, 0) is 4.74 Å². The Balaban J connectivity index is 2.15. The van der Waals surface area contributed by atoms with Gasteiger partial charge < -0.3 is 4.74 Å². The van der Waals surface area contributed by atoms with E-state index in [4.69, 9.17) is 10.00 Å². The zero-order valence-electron chi connectivity index (χ0n) is 12.0. The number of pyridine rings is 1. The average Bonchev–Trinajstić information content (AvgIpc) is 2.59. The lowest BCUT2D eigenvalue weighted by Crippen LogP contribution is -2.07. The van der Waals surface area contributed by atoms with Gasteiger partial charge in [0.2, 0.25) is 0 Å². The quantitative estimate of drug-likeness (QED) is 0.646. The number of para-hydroxylation sites is 1. The van der Waals surface area contributed by atoms with Crippen LogP contribution < -0.4 is 0 Å². The van der Waals surface area contributed by atoms with Gasteiger partial charge in [0.05, 0.1) is 16.8 Å². The average molecular weight is 367 g/mol. The van der Waals surface area contributed by atoms with E-state index in [1.165, 1.54) is 0 Å². The SMILES string of the molecule is N#CCOC(=O)c1cc(-c2ccc(Br)cc2)nc2ccccc12. The van der Waals surface area contributed by atoms with E-state index in [1.54, 1.807) is 12.1 Å². The molecule has 1 heterocycles. The van der Waals surface area contributed by atoms with Crippen molar-refractivity contribution in [3.63, 3.8) is 0 Å². The minimum absolute atomic E-state index is 0.275. The summed E-state index contributed by atoms with van der Waals surface area (Å²) >= 11 is 3.40. The number of aromatic nitrogens is 1. The molecular formula is C18H11BrN2O2. The van der Waals surface area contributed by atoms with E-state index in [0.29, 0.717) is 22.2 Å². The molecule has 3 rings (SSSR count). The first-order chi connectivity index (χ1) is 11.2. The van der Waals surface area contributed by atoms with Crippen LogP contribution in [0.3, 0.4) is 0 Å². The topological polar surface area (TPSA) is 63.0 Å². The Hall–Kier alpha value is -2.71. The highest BCUT2D eigenvalue weighted by molar-refractivity contribution is 9.10. The van der Waals surface area contributed by atoms with Gasteiger partial charge in [-0.2, -0.15) is 5.26 Å². The molecule has 0 saturated heterocycles. The lowest BCUT2D eigenvalue weighted by atomic mass is 10.0. The first-order valence-electron chi connectivity index (χ1n) is 6.89. The van der Waals surface area contributed by atoms with Crippen molar-refractivity contribution in [3.05, 3.63) is 64.6 Å². The molecule has 0 aliphatic heterocycles. The summed E-state index contributed by atoms with van der Waals surface area (Å²) in [6, 6.07) is 18.5. The van der Waals surface area contributed by atoms with Crippen LogP contribution in [0.1, 0.15) is 10.4 Å². The maximum atomic E-state index is 12.2. The Labute approximate surface area is 141 Å². The number of halogens is 1. The highest BCUT2D eigenvalue weighted by atomic mass is 79.9. The highest BCUT2D eigenvalue weighted by Gasteiger charge is 2.15. The summed E-state index contributed by atoms with van der Waals surface area (Å²) in [7, 11) is 0. The fourth-order valence-electron chi connectivity index (χ4n) is 2.29. The van der Waals surface area contributed by atoms with Gasteiger partial charge >= 0.3 is 5.97 Å². The van der Waals surface area contributed by atoms with Gasteiger partial charge in [-0.05, 0) is 24.3 Å². The molecule has 0 unspecified atom stereocenters. The molecule has 23 heavy (non-hydrogen) atoms. The molecule has 2 aromatic carbocycles. The number of benzene rings is 2. The summed E-state index contributed by atoms with van der Waals surface area (Å²) in [6.07, 6.45) is 0. The second kappa shape index (κ2) is 6.59. The van der Waals surface area contributed by atoms with E-state index >= 15 is 0 Å². The van der Waals surface area contributed by atoms with Gasteiger partial charge in [-0.25, -0.2) is 9.78 Å². The summed E-state index contributed by atoms with van der Waals surface area (Å²) < 4.78 is 5.93. The van der Waals surface area contributed by atoms with E-state index in [2.05, 4.69) is 20.9 Å². The number of ether oxygens (including phenoxy) is 1. The number of fused-ring (bicyclic) bond motifs is 1. The van der Waals surface area contributed by atoms with Crippen molar-refractivity contribution in [2.45, 2.75) is 0 Å². The fourth-order valence-corrected chi connectivity index (χ4v) is 2.55. The van der Waals surface area contributed by atoms with E-state index in [0.717, 1.165) is 10.0 Å². The Morgan fingerprint density at radius 2 is 1.91 bits per heavy atom. The van der Waals surface area contributed by atoms with Gasteiger partial charge in [-0.3, -0.25) is 0 Å². The Bertz CT molecular complexity index is 914. The van der Waals surface area contributed by atoms with Crippen LogP contribution in [0, 0.1) is 11.3 Å². The molecule has 5 heteroatoms. The van der Waals surface area contributed by atoms with Gasteiger partial charge in [0.25, 0.3) is 0 Å². The molecule has 0 N–H and O–H groups in total. The molecule has 0 saturated carbocycles. The minimum Gasteiger partial charge on any atom is -0.447 e. The number of esters is 1. The van der Waals surface area contributed by atoms with Crippen LogP contribution in [0.2, 0.25) is 0 Å². The van der Waals surface area contributed by atoms with E-state index in [1.807, 2.05) is 48.5 Å². The zero-order valence-corrected chi connectivity index (χ0v) is 13.6. The molecule has 1 aromatic heterocycles. The third-order valence-corrected chi connectivity index (χ3v) is 3.87. The molecule has 3 aromatic rings. The van der Waals surface area contributed by atoms with E-state index in [-0.39, 0.29) is 6.61 Å². The Morgan fingerprint density at radius 1 is 1.17 bits per heavy atom. The van der Waals surface area contributed by atoms with Crippen LogP contribution >= 0.6 is 15.9 Å². The van der Waals surface area contributed by atoms with Crippen LogP contribution in [0.25, 0.3) is 22.2 Å². The fraction of sp³-hybridized carbons (Fsp3) is 0.0556. The lowest BCUT2D eigenvalue weighted by molar-refractivity contribution is 0.0557. The smallest absolute Gasteiger partial charge is 0.339 e. The second-order valence-electron chi connectivity index (χ2n) is 4.81. The normalized spacial score (nSPS) is 10.3. The van der Waals surface area contributed by atoms with Crippen molar-refractivity contribution in [1.29, 1.82) is 5.26 Å². The zero-order chi connectivity index (χ0) is 16.2. The van der Waals surface area contributed by atoms with Crippen molar-refractivity contribution in [2.24, 2.45) is 0 Å². The summed E-state index contributed by atoms with van der Waals surface area (Å²) in [5, 5.41) is 9.29. The monoisotopic (exact) mass is 366 g/mol. The number of hydrogen-bond acceptors (Lipinski definition) is 4. The van der Waals surface area contributed by atoms with E-state index < -0.39 is 5.97 Å². The molecule has 0 radical (unpaired) electrons. The molecule has 0 amide bonds. The van der Waals surface area contributed by atoms with Crippen molar-refractivity contribution < 1.29 is 9.53 Å². The van der Waals surface area contributed by atoms with Crippen LogP contribution in [0.5, 0.6) is 0 Å². The molecule has 0 aliphatic rings. The van der Waals surface area contributed by atoms with Crippen molar-refractivity contribution in [1.82, 2.24) is 4.98 Å².